The van der Waals surface area contributed by atoms with Crippen LogP contribution in [0.15, 0.2) is 58.6 Å². The number of aromatic nitrogens is 1. The number of rotatable bonds is 5. The molecule has 0 bridgehead atoms. The highest BCUT2D eigenvalue weighted by molar-refractivity contribution is 5.98. The number of piperazine rings is 1. The van der Waals surface area contributed by atoms with Gasteiger partial charge in [-0.25, -0.2) is 9.82 Å². The Morgan fingerprint density at radius 2 is 1.85 bits per heavy atom. The third-order valence-corrected chi connectivity index (χ3v) is 6.31. The van der Waals surface area contributed by atoms with Crippen molar-refractivity contribution in [1.82, 2.24) is 14.9 Å². The molecule has 1 aliphatic heterocycles. The largest absolute Gasteiger partial charge is 0.367 e. The van der Waals surface area contributed by atoms with Crippen LogP contribution < -0.4 is 15.8 Å². The summed E-state index contributed by atoms with van der Waals surface area (Å²) in [4.78, 5) is 30.2. The van der Waals surface area contributed by atoms with Crippen molar-refractivity contribution in [2.75, 3.05) is 38.1 Å². The predicted molar refractivity (Wildman–Crippen MR) is 128 cm³/mol. The average molecular weight is 448 g/mol. The van der Waals surface area contributed by atoms with E-state index in [2.05, 4.69) is 22.5 Å². The monoisotopic (exact) mass is 447 g/mol. The van der Waals surface area contributed by atoms with Gasteiger partial charge in [0, 0.05) is 43.8 Å². The van der Waals surface area contributed by atoms with E-state index < -0.39 is 17.2 Å². The summed E-state index contributed by atoms with van der Waals surface area (Å²) in [6.07, 6.45) is 5.04. The van der Waals surface area contributed by atoms with Gasteiger partial charge in [0.1, 0.15) is 11.4 Å². The molecule has 170 valence electrons. The first-order valence-corrected chi connectivity index (χ1v) is 11.2. The molecule has 2 aromatic carbocycles. The number of carbonyl (C=O) groups is 1. The fourth-order valence-corrected chi connectivity index (χ4v) is 4.23. The molecule has 2 aliphatic rings. The van der Waals surface area contributed by atoms with Crippen molar-refractivity contribution >= 4 is 28.7 Å². The maximum Gasteiger partial charge on any atom is 0.276 e. The van der Waals surface area contributed by atoms with Crippen LogP contribution in [-0.2, 0) is 0 Å². The van der Waals surface area contributed by atoms with Gasteiger partial charge in [0.2, 0.25) is 5.43 Å². The maximum atomic E-state index is 15.1. The van der Waals surface area contributed by atoms with Crippen LogP contribution in [0.3, 0.4) is 0 Å². The van der Waals surface area contributed by atoms with Gasteiger partial charge in [-0.1, -0.05) is 30.3 Å². The molecule has 8 heteroatoms. The molecule has 2 fully saturated rings. The highest BCUT2D eigenvalue weighted by atomic mass is 19.1. The van der Waals surface area contributed by atoms with Gasteiger partial charge in [0.15, 0.2) is 0 Å². The van der Waals surface area contributed by atoms with E-state index in [4.69, 9.17) is 0 Å². The number of pyridine rings is 1. The van der Waals surface area contributed by atoms with E-state index in [1.807, 2.05) is 39.8 Å². The van der Waals surface area contributed by atoms with Gasteiger partial charge >= 0.3 is 0 Å². The lowest BCUT2D eigenvalue weighted by Gasteiger charge is -2.34. The van der Waals surface area contributed by atoms with E-state index in [1.165, 1.54) is 12.3 Å². The molecule has 0 atom stereocenters. The van der Waals surface area contributed by atoms with Gasteiger partial charge in [-0.2, -0.15) is 5.10 Å². The Labute approximate surface area is 191 Å². The van der Waals surface area contributed by atoms with Crippen molar-refractivity contribution < 1.29 is 9.18 Å². The summed E-state index contributed by atoms with van der Waals surface area (Å²) in [7, 11) is 2.05. The molecule has 1 N–H and O–H groups in total. The molecule has 33 heavy (non-hydrogen) atoms. The Balaban J connectivity index is 1.50. The predicted octanol–water partition coefficient (Wildman–Crippen LogP) is 2.99. The van der Waals surface area contributed by atoms with E-state index in [0.29, 0.717) is 11.2 Å². The summed E-state index contributed by atoms with van der Waals surface area (Å²) in [5, 5.41) is 4.19. The number of hydrogen-bond donors (Lipinski definition) is 1. The van der Waals surface area contributed by atoms with E-state index in [1.54, 1.807) is 12.3 Å². The Morgan fingerprint density at radius 3 is 2.55 bits per heavy atom. The lowest BCUT2D eigenvalue weighted by molar-refractivity contribution is 0.0953. The second-order valence-electron chi connectivity index (χ2n) is 8.73. The normalized spacial score (nSPS) is 17.1. The van der Waals surface area contributed by atoms with E-state index in [9.17, 15) is 9.59 Å². The summed E-state index contributed by atoms with van der Waals surface area (Å²) in [6.45, 7) is 3.17. The van der Waals surface area contributed by atoms with Crippen LogP contribution in [0.5, 0.6) is 0 Å². The molecule has 0 unspecified atom stereocenters. The zero-order chi connectivity index (χ0) is 22.9. The quantitative estimate of drug-likeness (QED) is 0.482. The van der Waals surface area contributed by atoms with Crippen molar-refractivity contribution in [2.45, 2.75) is 18.9 Å². The summed E-state index contributed by atoms with van der Waals surface area (Å²) in [5.41, 5.74) is 3.91. The van der Waals surface area contributed by atoms with Crippen LogP contribution in [0.2, 0.25) is 0 Å². The number of halogens is 1. The fraction of sp³-hybridized carbons (Fsp3) is 0.320. The lowest BCUT2D eigenvalue weighted by atomic mass is 10.1. The average Bonchev–Trinajstić information content (AvgIpc) is 3.66. The van der Waals surface area contributed by atoms with Gasteiger partial charge in [-0.15, -0.1) is 0 Å². The smallest absolute Gasteiger partial charge is 0.276 e. The van der Waals surface area contributed by atoms with Crippen molar-refractivity contribution in [2.24, 2.45) is 5.10 Å². The number of anilines is 1. The van der Waals surface area contributed by atoms with E-state index >= 15 is 4.39 Å². The molecule has 1 aliphatic carbocycles. The highest BCUT2D eigenvalue weighted by Crippen LogP contribution is 2.38. The minimum Gasteiger partial charge on any atom is -0.367 e. The minimum atomic E-state index is -0.605. The number of hydrazone groups is 1. The Bertz CT molecular complexity index is 1280. The molecule has 1 saturated heterocycles. The molecule has 0 spiro atoms. The molecule has 1 aromatic heterocycles. The number of amides is 1. The number of carbonyl (C=O) groups excluding carboxylic acids is 1. The number of nitrogens with one attached hydrogen (secondary N) is 1. The second-order valence-corrected chi connectivity index (χ2v) is 8.73. The first-order valence-electron chi connectivity index (χ1n) is 11.2. The molecule has 1 saturated carbocycles. The summed E-state index contributed by atoms with van der Waals surface area (Å²) >= 11 is 0. The summed E-state index contributed by atoms with van der Waals surface area (Å²) in [5.74, 6) is -1.04. The van der Waals surface area contributed by atoms with Crippen LogP contribution in [-0.4, -0.2) is 54.8 Å². The zero-order valence-electron chi connectivity index (χ0n) is 18.5. The highest BCUT2D eigenvalue weighted by Gasteiger charge is 2.28. The van der Waals surface area contributed by atoms with Gasteiger partial charge in [-0.3, -0.25) is 9.59 Å². The van der Waals surface area contributed by atoms with Crippen LogP contribution in [0.25, 0.3) is 10.9 Å². The van der Waals surface area contributed by atoms with Crippen molar-refractivity contribution in [3.05, 3.63) is 75.8 Å². The number of likely N-dealkylation sites (N-methyl/N-ethyl adjacent to an activating group) is 1. The van der Waals surface area contributed by atoms with Crippen LogP contribution in [0, 0.1) is 5.82 Å². The summed E-state index contributed by atoms with van der Waals surface area (Å²) in [6, 6.07) is 12.6. The fourth-order valence-electron chi connectivity index (χ4n) is 4.23. The Morgan fingerprint density at radius 1 is 1.12 bits per heavy atom. The van der Waals surface area contributed by atoms with Gasteiger partial charge in [0.05, 0.1) is 17.4 Å². The molecular formula is C25H26FN5O2. The van der Waals surface area contributed by atoms with E-state index in [0.717, 1.165) is 44.6 Å². The molecule has 1 amide bonds. The first-order chi connectivity index (χ1) is 16.0. The molecule has 7 nitrogen and oxygen atoms in total. The van der Waals surface area contributed by atoms with Crippen LogP contribution >= 0.6 is 0 Å². The minimum absolute atomic E-state index is 0.0358. The van der Waals surface area contributed by atoms with Crippen molar-refractivity contribution in [3.8, 4) is 0 Å². The molecule has 2 heterocycles. The summed E-state index contributed by atoms with van der Waals surface area (Å²) < 4.78 is 17.1. The third kappa shape index (κ3) is 4.39. The van der Waals surface area contributed by atoms with E-state index in [-0.39, 0.29) is 17.0 Å². The second kappa shape index (κ2) is 8.78. The molecule has 5 rings (SSSR count). The topological polar surface area (TPSA) is 69.9 Å². The van der Waals surface area contributed by atoms with Crippen LogP contribution in [0.4, 0.5) is 10.1 Å². The van der Waals surface area contributed by atoms with Gasteiger partial charge < -0.3 is 14.4 Å². The number of fused-ring (bicyclic) bond motifs is 1. The zero-order valence-corrected chi connectivity index (χ0v) is 18.5. The van der Waals surface area contributed by atoms with Gasteiger partial charge in [0.25, 0.3) is 5.91 Å². The number of nitrogens with zero attached hydrogens (tertiary/aromatic N) is 4. The molecular weight excluding hydrogens is 421 g/mol. The number of benzene rings is 2. The van der Waals surface area contributed by atoms with Crippen molar-refractivity contribution in [1.29, 1.82) is 0 Å². The maximum absolute atomic E-state index is 15.1. The molecule has 3 aromatic rings. The Hall–Kier alpha value is -3.52. The van der Waals surface area contributed by atoms with Crippen molar-refractivity contribution in [3.63, 3.8) is 0 Å². The van der Waals surface area contributed by atoms with Gasteiger partial charge in [-0.05, 0) is 37.6 Å². The number of hydrogen-bond acceptors (Lipinski definition) is 5. The SMILES string of the molecule is CN1CCN(c2cc3c(cc2F)c(=O)c(C(=O)N/N=C\c2ccccc2)cn3C2CC2)CC1. The Kier molecular flexibility index (Phi) is 5.68. The first kappa shape index (κ1) is 21.3. The molecule has 0 radical (unpaired) electrons. The third-order valence-electron chi connectivity index (χ3n) is 6.31. The van der Waals surface area contributed by atoms with Crippen LogP contribution in [0.1, 0.15) is 34.8 Å². The lowest BCUT2D eigenvalue weighted by Crippen LogP contribution is -2.44. The standard InChI is InChI=1S/C25H26FN5O2/c1-29-9-11-30(12-10-29)23-14-22-19(13-21(23)26)24(32)20(16-31(22)18-7-8-18)25(33)28-27-15-17-5-3-2-4-6-17/h2-6,13-16,18H,7-12H2,1H3,(H,28,33)/b27-15-.